The Kier molecular flexibility index (Phi) is 6.75. The standard InChI is InChI=1S/C20H17ClFN5OS/c1-29-12-17(13-5-2-3-6-15(13)21)24-20(28)25-19-9-10-27(26-19)18-8-4-7-16(22)14(18)11-23/h2-10,17H,12H2,1H3,(H2,24,25,26,28). The van der Waals surface area contributed by atoms with Crippen LogP contribution in [0.15, 0.2) is 54.7 Å². The summed E-state index contributed by atoms with van der Waals surface area (Å²) >= 11 is 7.84. The van der Waals surface area contributed by atoms with Gasteiger partial charge in [0.2, 0.25) is 0 Å². The van der Waals surface area contributed by atoms with E-state index in [4.69, 9.17) is 16.9 Å². The maximum atomic E-state index is 13.8. The summed E-state index contributed by atoms with van der Waals surface area (Å²) in [5.41, 5.74) is 0.991. The number of halogens is 2. The number of carbonyl (C=O) groups is 1. The molecule has 9 heteroatoms. The van der Waals surface area contributed by atoms with Crippen LogP contribution < -0.4 is 10.6 Å². The summed E-state index contributed by atoms with van der Waals surface area (Å²) in [5.74, 6) is 0.269. The highest BCUT2D eigenvalue weighted by Gasteiger charge is 2.18. The van der Waals surface area contributed by atoms with Gasteiger partial charge in [0.25, 0.3) is 0 Å². The van der Waals surface area contributed by atoms with Gasteiger partial charge in [0, 0.05) is 23.0 Å². The first-order valence-electron chi connectivity index (χ1n) is 8.59. The predicted molar refractivity (Wildman–Crippen MR) is 113 cm³/mol. The minimum atomic E-state index is -0.632. The lowest BCUT2D eigenvalue weighted by atomic mass is 10.1. The van der Waals surface area contributed by atoms with E-state index in [1.807, 2.05) is 30.5 Å². The van der Waals surface area contributed by atoms with Crippen LogP contribution in [0.3, 0.4) is 0 Å². The van der Waals surface area contributed by atoms with Gasteiger partial charge in [-0.25, -0.2) is 13.9 Å². The summed E-state index contributed by atoms with van der Waals surface area (Å²) in [4.78, 5) is 12.5. The Morgan fingerprint density at radius 3 is 2.83 bits per heavy atom. The zero-order chi connectivity index (χ0) is 20.8. The molecular formula is C20H17ClFN5OS. The number of rotatable bonds is 6. The van der Waals surface area contributed by atoms with Crippen molar-refractivity contribution in [2.45, 2.75) is 6.04 Å². The molecule has 0 aliphatic heterocycles. The number of thioether (sulfide) groups is 1. The largest absolute Gasteiger partial charge is 0.330 e. The van der Waals surface area contributed by atoms with Crippen molar-refractivity contribution < 1.29 is 9.18 Å². The Morgan fingerprint density at radius 1 is 1.31 bits per heavy atom. The third kappa shape index (κ3) is 4.88. The molecule has 1 aromatic heterocycles. The van der Waals surface area contributed by atoms with Crippen molar-refractivity contribution in [1.82, 2.24) is 15.1 Å². The Labute approximate surface area is 176 Å². The molecule has 0 bridgehead atoms. The Morgan fingerprint density at radius 2 is 2.10 bits per heavy atom. The van der Waals surface area contributed by atoms with Gasteiger partial charge in [-0.05, 0) is 30.0 Å². The molecule has 0 aliphatic rings. The molecule has 0 saturated heterocycles. The maximum absolute atomic E-state index is 13.8. The van der Waals surface area contributed by atoms with Gasteiger partial charge in [-0.3, -0.25) is 5.32 Å². The quantitative estimate of drug-likeness (QED) is 0.591. The lowest BCUT2D eigenvalue weighted by Gasteiger charge is -2.19. The Bertz CT molecular complexity index is 1070. The van der Waals surface area contributed by atoms with Crippen LogP contribution in [-0.2, 0) is 0 Å². The first-order valence-corrected chi connectivity index (χ1v) is 10.4. The molecule has 1 atom stereocenters. The van der Waals surface area contributed by atoms with E-state index in [1.54, 1.807) is 36.2 Å². The van der Waals surface area contributed by atoms with Gasteiger partial charge in [-0.2, -0.15) is 17.0 Å². The molecule has 0 saturated carbocycles. The van der Waals surface area contributed by atoms with E-state index in [0.29, 0.717) is 10.8 Å². The van der Waals surface area contributed by atoms with Crippen molar-refractivity contribution in [3.63, 3.8) is 0 Å². The maximum Gasteiger partial charge on any atom is 0.320 e. The summed E-state index contributed by atoms with van der Waals surface area (Å²) in [5, 5.41) is 19.5. The Balaban J connectivity index is 1.74. The molecule has 1 heterocycles. The number of amides is 2. The first-order chi connectivity index (χ1) is 14.0. The number of hydrogen-bond acceptors (Lipinski definition) is 4. The zero-order valence-corrected chi connectivity index (χ0v) is 17.0. The zero-order valence-electron chi connectivity index (χ0n) is 15.4. The molecule has 148 valence electrons. The first kappa shape index (κ1) is 20.7. The highest BCUT2D eigenvalue weighted by molar-refractivity contribution is 7.98. The predicted octanol–water partition coefficient (Wildman–Crippen LogP) is 4.76. The fourth-order valence-electron chi connectivity index (χ4n) is 2.78. The van der Waals surface area contributed by atoms with Crippen molar-refractivity contribution in [2.24, 2.45) is 0 Å². The van der Waals surface area contributed by atoms with Crippen LogP contribution >= 0.6 is 23.4 Å². The molecule has 0 fully saturated rings. The number of urea groups is 1. The van der Waals surface area contributed by atoms with Gasteiger partial charge in [0.15, 0.2) is 5.82 Å². The monoisotopic (exact) mass is 429 g/mol. The second-order valence-corrected chi connectivity index (χ2v) is 7.34. The number of nitrogens with one attached hydrogen (secondary N) is 2. The van der Waals surface area contributed by atoms with Gasteiger partial charge < -0.3 is 5.32 Å². The number of benzene rings is 2. The fraction of sp³-hybridized carbons (Fsp3) is 0.150. The molecule has 0 aliphatic carbocycles. The summed E-state index contributed by atoms with van der Waals surface area (Å²) in [7, 11) is 0. The summed E-state index contributed by atoms with van der Waals surface area (Å²) in [6.45, 7) is 0. The summed E-state index contributed by atoms with van der Waals surface area (Å²) in [6, 6.07) is 14.3. The molecule has 2 N–H and O–H groups in total. The number of aromatic nitrogens is 2. The molecule has 3 rings (SSSR count). The third-order valence-corrected chi connectivity index (χ3v) is 5.11. The van der Waals surface area contributed by atoms with E-state index in [1.165, 1.54) is 16.8 Å². The number of nitrogens with zero attached hydrogens (tertiary/aromatic N) is 3. The van der Waals surface area contributed by atoms with E-state index in [-0.39, 0.29) is 23.1 Å². The number of carbonyl (C=O) groups excluding carboxylic acids is 1. The molecule has 3 aromatic rings. The molecular weight excluding hydrogens is 413 g/mol. The smallest absolute Gasteiger partial charge is 0.320 e. The molecule has 0 radical (unpaired) electrons. The number of anilines is 1. The van der Waals surface area contributed by atoms with E-state index < -0.39 is 11.8 Å². The van der Waals surface area contributed by atoms with Gasteiger partial charge >= 0.3 is 6.03 Å². The van der Waals surface area contributed by atoms with Crippen molar-refractivity contribution in [3.05, 3.63) is 76.7 Å². The van der Waals surface area contributed by atoms with E-state index in [2.05, 4.69) is 15.7 Å². The number of hydrogen-bond donors (Lipinski definition) is 2. The minimum absolute atomic E-state index is 0.120. The van der Waals surface area contributed by atoms with Crippen molar-refractivity contribution >= 4 is 35.2 Å². The SMILES string of the molecule is CSCC(NC(=O)Nc1ccn(-c2cccc(F)c2C#N)n1)c1ccccc1Cl. The van der Waals surface area contributed by atoms with Gasteiger partial charge in [0.05, 0.1) is 11.7 Å². The molecule has 2 aromatic carbocycles. The topological polar surface area (TPSA) is 82.7 Å². The van der Waals surface area contributed by atoms with E-state index in [0.717, 1.165) is 5.56 Å². The molecule has 1 unspecified atom stereocenters. The molecule has 29 heavy (non-hydrogen) atoms. The minimum Gasteiger partial charge on any atom is -0.330 e. The highest BCUT2D eigenvalue weighted by Crippen LogP contribution is 2.25. The van der Waals surface area contributed by atoms with Gasteiger partial charge in [-0.1, -0.05) is 35.9 Å². The normalized spacial score (nSPS) is 11.5. The molecule has 6 nitrogen and oxygen atoms in total. The number of nitriles is 1. The lowest BCUT2D eigenvalue weighted by molar-refractivity contribution is 0.249. The summed E-state index contributed by atoms with van der Waals surface area (Å²) in [6.07, 6.45) is 3.48. The van der Waals surface area contributed by atoms with Crippen LogP contribution in [0.4, 0.5) is 15.0 Å². The summed E-state index contributed by atoms with van der Waals surface area (Å²) < 4.78 is 15.1. The molecule has 0 spiro atoms. The van der Waals surface area contributed by atoms with Crippen LogP contribution in [0.5, 0.6) is 0 Å². The van der Waals surface area contributed by atoms with E-state index >= 15 is 0 Å². The second-order valence-electron chi connectivity index (χ2n) is 6.02. The van der Waals surface area contributed by atoms with Crippen LogP contribution in [0, 0.1) is 17.1 Å². The van der Waals surface area contributed by atoms with Crippen LogP contribution in [-0.4, -0.2) is 27.8 Å². The average molecular weight is 430 g/mol. The lowest BCUT2D eigenvalue weighted by Crippen LogP contribution is -2.34. The Hall–Kier alpha value is -3.02. The van der Waals surface area contributed by atoms with Crippen LogP contribution in [0.2, 0.25) is 5.02 Å². The van der Waals surface area contributed by atoms with Crippen LogP contribution in [0.1, 0.15) is 17.2 Å². The second kappa shape index (κ2) is 9.45. The van der Waals surface area contributed by atoms with Crippen LogP contribution in [0.25, 0.3) is 5.69 Å². The fourth-order valence-corrected chi connectivity index (χ4v) is 3.65. The third-order valence-electron chi connectivity index (χ3n) is 4.10. The van der Waals surface area contributed by atoms with Crippen molar-refractivity contribution in [3.8, 4) is 11.8 Å². The van der Waals surface area contributed by atoms with Gasteiger partial charge in [-0.15, -0.1) is 5.10 Å². The van der Waals surface area contributed by atoms with Crippen molar-refractivity contribution in [1.29, 1.82) is 5.26 Å². The van der Waals surface area contributed by atoms with Crippen molar-refractivity contribution in [2.75, 3.05) is 17.3 Å². The molecule has 2 amide bonds. The van der Waals surface area contributed by atoms with E-state index in [9.17, 15) is 9.18 Å². The average Bonchev–Trinajstić information content (AvgIpc) is 3.16. The van der Waals surface area contributed by atoms with Gasteiger partial charge in [0.1, 0.15) is 17.4 Å². The highest BCUT2D eigenvalue weighted by atomic mass is 35.5.